The van der Waals surface area contributed by atoms with Gasteiger partial charge < -0.3 is 5.11 Å². The average molecular weight is 497 g/mol. The maximum absolute atomic E-state index is 10.7. The molecule has 1 nitrogen and oxygen atoms in total. The summed E-state index contributed by atoms with van der Waals surface area (Å²) >= 11 is 2.53. The number of allylic oxidation sites excluding steroid dienone is 4. The number of halogens is 1. The number of fused-ring (bicyclic) bond motifs is 4. The van der Waals surface area contributed by atoms with Crippen LogP contribution >= 0.6 is 22.6 Å². The molecule has 0 radical (unpaired) electrons. The molecule has 28 heavy (non-hydrogen) atoms. The Morgan fingerprint density at radius 3 is 2.57 bits per heavy atom. The van der Waals surface area contributed by atoms with Gasteiger partial charge in [-0.1, -0.05) is 68.9 Å². The van der Waals surface area contributed by atoms with Gasteiger partial charge in [-0.3, -0.25) is 0 Å². The Balaban J connectivity index is 1.66. The lowest BCUT2D eigenvalue weighted by atomic mass is 9.46. The van der Waals surface area contributed by atoms with E-state index in [0.29, 0.717) is 16.7 Å². The molecule has 4 rings (SSSR count). The van der Waals surface area contributed by atoms with Crippen LogP contribution in [-0.2, 0) is 0 Å². The Kier molecular flexibility index (Phi) is 5.65. The van der Waals surface area contributed by atoms with E-state index in [1.165, 1.54) is 55.8 Å². The molecule has 158 valence electrons. The van der Waals surface area contributed by atoms with E-state index in [4.69, 9.17) is 0 Å². The van der Waals surface area contributed by atoms with Crippen LogP contribution in [0.3, 0.4) is 0 Å². The van der Waals surface area contributed by atoms with Gasteiger partial charge >= 0.3 is 0 Å². The average Bonchev–Trinajstić information content (AvgIpc) is 3.00. The molecule has 1 N–H and O–H groups in total. The van der Waals surface area contributed by atoms with E-state index in [-0.39, 0.29) is 11.5 Å². The van der Waals surface area contributed by atoms with Gasteiger partial charge in [-0.15, -0.1) is 0 Å². The van der Waals surface area contributed by atoms with Crippen LogP contribution in [-0.4, -0.2) is 15.6 Å². The third-order valence-electron chi connectivity index (χ3n) is 9.91. The van der Waals surface area contributed by atoms with Gasteiger partial charge in [0.25, 0.3) is 0 Å². The van der Waals surface area contributed by atoms with Crippen molar-refractivity contribution in [2.75, 3.05) is 4.43 Å². The molecule has 2 unspecified atom stereocenters. The van der Waals surface area contributed by atoms with Crippen molar-refractivity contribution in [1.82, 2.24) is 0 Å². The first-order valence-corrected chi connectivity index (χ1v) is 13.4. The van der Waals surface area contributed by atoms with E-state index in [2.05, 4.69) is 63.3 Å². The summed E-state index contributed by atoms with van der Waals surface area (Å²) in [5.41, 5.74) is 6.09. The van der Waals surface area contributed by atoms with Gasteiger partial charge in [0.2, 0.25) is 0 Å². The van der Waals surface area contributed by atoms with Crippen LogP contribution in [0.1, 0.15) is 92.4 Å². The third-order valence-corrected chi connectivity index (χ3v) is 10.7. The largest absolute Gasteiger partial charge is 0.393 e. The highest BCUT2D eigenvalue weighted by Gasteiger charge is 2.57. The Bertz CT molecular complexity index is 689. The van der Waals surface area contributed by atoms with Crippen LogP contribution in [0, 0.1) is 34.0 Å². The summed E-state index contributed by atoms with van der Waals surface area (Å²) in [6, 6.07) is 0. The van der Waals surface area contributed by atoms with Crippen LogP contribution in [0.4, 0.5) is 0 Å². The molecular formula is C26H41IO. The summed E-state index contributed by atoms with van der Waals surface area (Å²) in [4.78, 5) is 0. The molecule has 0 heterocycles. The fourth-order valence-electron chi connectivity index (χ4n) is 8.18. The number of aliphatic hydroxyl groups excluding tert-OH is 1. The molecule has 1 fully saturated rings. The van der Waals surface area contributed by atoms with Crippen molar-refractivity contribution in [2.45, 2.75) is 98.5 Å². The number of alkyl halides is 1. The van der Waals surface area contributed by atoms with Gasteiger partial charge in [0.1, 0.15) is 0 Å². The zero-order chi connectivity index (χ0) is 20.3. The van der Waals surface area contributed by atoms with Gasteiger partial charge in [0, 0.05) is 0 Å². The lowest BCUT2D eigenvalue weighted by Crippen LogP contribution is -2.53. The fourth-order valence-corrected chi connectivity index (χ4v) is 8.62. The van der Waals surface area contributed by atoms with Gasteiger partial charge in [-0.2, -0.15) is 0 Å². The second-order valence-corrected chi connectivity index (χ2v) is 12.6. The number of hydrogen-bond acceptors (Lipinski definition) is 1. The molecule has 6 atom stereocenters. The monoisotopic (exact) mass is 496 g/mol. The molecule has 0 aromatic rings. The van der Waals surface area contributed by atoms with Crippen molar-refractivity contribution in [3.63, 3.8) is 0 Å². The minimum Gasteiger partial charge on any atom is -0.393 e. The zero-order valence-electron chi connectivity index (χ0n) is 18.8. The first-order chi connectivity index (χ1) is 13.2. The van der Waals surface area contributed by atoms with Gasteiger partial charge in [-0.05, 0) is 107 Å². The molecule has 0 aliphatic heterocycles. The summed E-state index contributed by atoms with van der Waals surface area (Å²) < 4.78 is 1.29. The molecule has 4 aliphatic carbocycles. The highest BCUT2D eigenvalue weighted by molar-refractivity contribution is 14.1. The quantitative estimate of drug-likeness (QED) is 0.316. The second kappa shape index (κ2) is 7.39. The summed E-state index contributed by atoms with van der Waals surface area (Å²) in [7, 11) is 0. The molecule has 0 aromatic heterocycles. The van der Waals surface area contributed by atoms with Crippen LogP contribution in [0.25, 0.3) is 0 Å². The predicted molar refractivity (Wildman–Crippen MR) is 128 cm³/mol. The summed E-state index contributed by atoms with van der Waals surface area (Å²) in [5.74, 6) is 2.31. The number of aliphatic hydroxyl groups is 1. The predicted octanol–water partition coefficient (Wildman–Crippen LogP) is 7.48. The molecule has 4 aliphatic rings. The molecule has 0 aromatic carbocycles. The lowest BCUT2D eigenvalue weighted by molar-refractivity contribution is -0.0905. The summed E-state index contributed by atoms with van der Waals surface area (Å²) in [6.45, 7) is 12.3. The minimum atomic E-state index is -0.129. The van der Waals surface area contributed by atoms with Gasteiger partial charge in [0.15, 0.2) is 0 Å². The van der Waals surface area contributed by atoms with E-state index in [9.17, 15) is 5.11 Å². The first kappa shape index (κ1) is 21.4. The smallest absolute Gasteiger partial charge is 0.0594 e. The number of rotatable bonds is 4. The topological polar surface area (TPSA) is 20.2 Å². The Morgan fingerprint density at radius 1 is 1.11 bits per heavy atom. The van der Waals surface area contributed by atoms with Crippen molar-refractivity contribution in [3.05, 3.63) is 22.8 Å². The van der Waals surface area contributed by atoms with Crippen molar-refractivity contribution < 1.29 is 5.11 Å². The van der Waals surface area contributed by atoms with E-state index >= 15 is 0 Å². The van der Waals surface area contributed by atoms with Crippen LogP contribution < -0.4 is 0 Å². The van der Waals surface area contributed by atoms with Crippen LogP contribution in [0.5, 0.6) is 0 Å². The Hall–Kier alpha value is 0.170. The maximum Gasteiger partial charge on any atom is 0.0594 e. The highest BCUT2D eigenvalue weighted by atomic mass is 127. The van der Waals surface area contributed by atoms with Crippen LogP contribution in [0.2, 0.25) is 0 Å². The molecule has 0 bridgehead atoms. The van der Waals surface area contributed by atoms with Crippen molar-refractivity contribution in [2.24, 2.45) is 34.0 Å². The molecule has 0 saturated heterocycles. The normalized spacial score (nSPS) is 43.1. The fraction of sp³-hybridized carbons (Fsp3) is 0.846. The number of hydrogen-bond donors (Lipinski definition) is 1. The lowest BCUT2D eigenvalue weighted by Gasteiger charge is -2.59. The summed E-state index contributed by atoms with van der Waals surface area (Å²) in [5, 5.41) is 10.7. The van der Waals surface area contributed by atoms with E-state index in [0.717, 1.165) is 18.3 Å². The van der Waals surface area contributed by atoms with Crippen molar-refractivity contribution in [3.8, 4) is 0 Å². The highest BCUT2D eigenvalue weighted by Crippen LogP contribution is 2.66. The third kappa shape index (κ3) is 3.01. The molecular weight excluding hydrogens is 455 g/mol. The summed E-state index contributed by atoms with van der Waals surface area (Å²) in [6.07, 6.45) is 13.9. The minimum absolute atomic E-state index is 0.0484. The SMILES string of the molecule is C[C@H](CCCI)C1CC=C2C3=C(CC[C@@]21C)[C@@]1(C)CC[C@H](O)C(C)(C)C1CC3. The zero-order valence-corrected chi connectivity index (χ0v) is 20.9. The van der Waals surface area contributed by atoms with Crippen molar-refractivity contribution in [1.29, 1.82) is 0 Å². The van der Waals surface area contributed by atoms with Crippen molar-refractivity contribution >= 4 is 22.6 Å². The first-order valence-electron chi connectivity index (χ1n) is 11.8. The Labute approximate surface area is 187 Å². The second-order valence-electron chi connectivity index (χ2n) is 11.5. The van der Waals surface area contributed by atoms with Gasteiger partial charge in [0.05, 0.1) is 6.10 Å². The molecule has 2 heteroatoms. The van der Waals surface area contributed by atoms with Crippen LogP contribution in [0.15, 0.2) is 22.8 Å². The van der Waals surface area contributed by atoms with E-state index in [1.54, 1.807) is 16.7 Å². The molecule has 1 saturated carbocycles. The standard InChI is InChI=1S/C26H41IO/c1-17(7-6-16-27)19-9-10-20-18-8-11-22-24(2,3)23(28)13-15-26(22,5)21(18)12-14-25(19,20)4/h10,17,19,22-23,28H,6-9,11-16H2,1-5H3/t17-,19?,22?,23+,25-,26-/m1/s1. The van der Waals surface area contributed by atoms with E-state index in [1.807, 2.05) is 0 Å². The Morgan fingerprint density at radius 2 is 1.86 bits per heavy atom. The maximum atomic E-state index is 10.7. The molecule has 0 spiro atoms. The van der Waals surface area contributed by atoms with Gasteiger partial charge in [-0.25, -0.2) is 0 Å². The molecule has 0 amide bonds. The van der Waals surface area contributed by atoms with E-state index < -0.39 is 0 Å².